The predicted molar refractivity (Wildman–Crippen MR) is 75.8 cm³/mol. The van der Waals surface area contributed by atoms with Crippen molar-refractivity contribution in [3.8, 4) is 0 Å². The largest absolute Gasteiger partial charge is 0.311 e. The lowest BCUT2D eigenvalue weighted by molar-refractivity contribution is 0.137. The van der Waals surface area contributed by atoms with Crippen LogP contribution in [0.4, 0.5) is 0 Å². The summed E-state index contributed by atoms with van der Waals surface area (Å²) in [4.78, 5) is 5.08. The number of fused-ring (bicyclic) bond motifs is 2. The number of hydrogen-bond acceptors (Lipinski definition) is 3. The molecule has 3 nitrogen and oxygen atoms in total. The molecule has 0 aromatic rings. The van der Waals surface area contributed by atoms with E-state index in [1.807, 2.05) is 0 Å². The molecule has 3 fully saturated rings. The molecule has 2 bridgehead atoms. The second-order valence-electron chi connectivity index (χ2n) is 7.05. The van der Waals surface area contributed by atoms with Gasteiger partial charge in [0.25, 0.3) is 0 Å². The highest BCUT2D eigenvalue weighted by molar-refractivity contribution is 4.98. The average molecular weight is 251 g/mol. The van der Waals surface area contributed by atoms with Crippen molar-refractivity contribution in [2.24, 2.45) is 11.8 Å². The molecule has 3 rings (SSSR count). The van der Waals surface area contributed by atoms with Crippen LogP contribution in [0.3, 0.4) is 0 Å². The summed E-state index contributed by atoms with van der Waals surface area (Å²) in [5, 5.41) is 3.77. The Morgan fingerprint density at radius 3 is 2.44 bits per heavy atom. The van der Waals surface area contributed by atoms with Crippen LogP contribution in [0.15, 0.2) is 0 Å². The molecule has 3 aliphatic rings. The Morgan fingerprint density at radius 1 is 1.11 bits per heavy atom. The van der Waals surface area contributed by atoms with Gasteiger partial charge in [0.2, 0.25) is 0 Å². The minimum atomic E-state index is 0.856. The molecule has 3 aliphatic heterocycles. The highest BCUT2D eigenvalue weighted by Gasteiger charge is 2.39. The average Bonchev–Trinajstić information content (AvgIpc) is 2.93. The Morgan fingerprint density at radius 2 is 1.89 bits per heavy atom. The van der Waals surface area contributed by atoms with E-state index in [1.165, 1.54) is 58.3 Å². The molecular formula is C15H29N3. The first-order valence-electron chi connectivity index (χ1n) is 7.84. The number of nitrogens with zero attached hydrogens (tertiary/aromatic N) is 2. The van der Waals surface area contributed by atoms with Crippen LogP contribution in [0.25, 0.3) is 0 Å². The summed E-state index contributed by atoms with van der Waals surface area (Å²) < 4.78 is 0. The fourth-order valence-corrected chi connectivity index (χ4v) is 4.34. The van der Waals surface area contributed by atoms with Crippen LogP contribution in [0, 0.1) is 11.8 Å². The summed E-state index contributed by atoms with van der Waals surface area (Å²) in [7, 11) is 4.40. The van der Waals surface area contributed by atoms with Crippen LogP contribution in [-0.2, 0) is 0 Å². The summed E-state index contributed by atoms with van der Waals surface area (Å²) in [6, 6.07) is 1.72. The Labute approximate surface area is 112 Å². The van der Waals surface area contributed by atoms with Crippen molar-refractivity contribution in [1.29, 1.82) is 0 Å². The van der Waals surface area contributed by atoms with Gasteiger partial charge in [0, 0.05) is 25.2 Å². The molecule has 0 aromatic heterocycles. The quantitative estimate of drug-likeness (QED) is 0.815. The lowest BCUT2D eigenvalue weighted by atomic mass is 9.87. The van der Waals surface area contributed by atoms with Crippen LogP contribution in [-0.4, -0.2) is 62.2 Å². The molecule has 3 atom stereocenters. The molecule has 0 radical (unpaired) electrons. The van der Waals surface area contributed by atoms with Crippen molar-refractivity contribution in [1.82, 2.24) is 15.1 Å². The molecule has 0 aromatic carbocycles. The smallest absolute Gasteiger partial charge is 0.0111 e. The first kappa shape index (κ1) is 12.9. The molecule has 3 heterocycles. The van der Waals surface area contributed by atoms with E-state index in [2.05, 4.69) is 29.2 Å². The van der Waals surface area contributed by atoms with Gasteiger partial charge >= 0.3 is 0 Å². The number of piperidine rings is 1. The van der Waals surface area contributed by atoms with Gasteiger partial charge in [-0.1, -0.05) is 0 Å². The van der Waals surface area contributed by atoms with E-state index in [-0.39, 0.29) is 0 Å². The Bertz CT molecular complexity index is 271. The molecule has 0 saturated carbocycles. The van der Waals surface area contributed by atoms with Gasteiger partial charge in [0.1, 0.15) is 0 Å². The van der Waals surface area contributed by atoms with Gasteiger partial charge in [0.05, 0.1) is 0 Å². The number of likely N-dealkylation sites (tertiary alicyclic amines) is 1. The molecule has 3 heteroatoms. The fourth-order valence-electron chi connectivity index (χ4n) is 4.34. The minimum Gasteiger partial charge on any atom is -0.311 e. The van der Waals surface area contributed by atoms with E-state index < -0.39 is 0 Å². The second-order valence-corrected chi connectivity index (χ2v) is 7.05. The maximum atomic E-state index is 3.77. The lowest BCUT2D eigenvalue weighted by Gasteiger charge is -2.35. The standard InChI is InChI=1S/C15H29N3/c1-17(2)10-12-5-7-18(8-6-12)11-13-9-14-3-4-15(13)16-14/h12-16H,3-11H2,1-2H3. The molecule has 3 saturated heterocycles. The Kier molecular flexibility index (Phi) is 3.92. The highest BCUT2D eigenvalue weighted by atomic mass is 15.2. The third-order valence-electron chi connectivity index (χ3n) is 5.26. The normalized spacial score (nSPS) is 37.8. The maximum absolute atomic E-state index is 3.77. The van der Waals surface area contributed by atoms with E-state index in [1.54, 1.807) is 0 Å². The lowest BCUT2D eigenvalue weighted by Crippen LogP contribution is -2.41. The molecule has 18 heavy (non-hydrogen) atoms. The monoisotopic (exact) mass is 251 g/mol. The predicted octanol–water partition coefficient (Wildman–Crippen LogP) is 1.40. The summed E-state index contributed by atoms with van der Waals surface area (Å²) in [5.41, 5.74) is 0. The van der Waals surface area contributed by atoms with Crippen molar-refractivity contribution in [2.45, 2.75) is 44.2 Å². The Hall–Kier alpha value is -0.120. The van der Waals surface area contributed by atoms with Gasteiger partial charge in [-0.25, -0.2) is 0 Å². The van der Waals surface area contributed by atoms with Crippen molar-refractivity contribution < 1.29 is 0 Å². The SMILES string of the molecule is CN(C)CC1CCN(CC2CC3CCC2N3)CC1. The van der Waals surface area contributed by atoms with Gasteiger partial charge in [-0.15, -0.1) is 0 Å². The zero-order valence-electron chi connectivity index (χ0n) is 12.1. The number of rotatable bonds is 4. The minimum absolute atomic E-state index is 0.856. The van der Waals surface area contributed by atoms with Gasteiger partial charge in [-0.2, -0.15) is 0 Å². The van der Waals surface area contributed by atoms with Crippen LogP contribution in [0.2, 0.25) is 0 Å². The molecule has 0 amide bonds. The van der Waals surface area contributed by atoms with Crippen molar-refractivity contribution in [3.63, 3.8) is 0 Å². The zero-order valence-corrected chi connectivity index (χ0v) is 12.1. The number of hydrogen-bond donors (Lipinski definition) is 1. The van der Waals surface area contributed by atoms with Gasteiger partial charge in [-0.3, -0.25) is 0 Å². The summed E-state index contributed by atoms with van der Waals surface area (Å²) in [5.74, 6) is 1.89. The van der Waals surface area contributed by atoms with Crippen LogP contribution in [0.1, 0.15) is 32.1 Å². The maximum Gasteiger partial charge on any atom is 0.0111 e. The summed E-state index contributed by atoms with van der Waals surface area (Å²) in [6.45, 7) is 5.32. The molecule has 3 unspecified atom stereocenters. The van der Waals surface area contributed by atoms with E-state index in [9.17, 15) is 0 Å². The molecule has 0 spiro atoms. The van der Waals surface area contributed by atoms with Crippen LogP contribution < -0.4 is 5.32 Å². The molecule has 0 aliphatic carbocycles. The molecule has 1 N–H and O–H groups in total. The summed E-state index contributed by atoms with van der Waals surface area (Å²) >= 11 is 0. The van der Waals surface area contributed by atoms with Crippen molar-refractivity contribution >= 4 is 0 Å². The third kappa shape index (κ3) is 2.89. The van der Waals surface area contributed by atoms with Crippen LogP contribution in [0.5, 0.6) is 0 Å². The Balaban J connectivity index is 1.40. The van der Waals surface area contributed by atoms with Crippen molar-refractivity contribution in [3.05, 3.63) is 0 Å². The molecule has 104 valence electrons. The third-order valence-corrected chi connectivity index (χ3v) is 5.26. The highest BCUT2D eigenvalue weighted by Crippen LogP contribution is 2.34. The van der Waals surface area contributed by atoms with Gasteiger partial charge < -0.3 is 15.1 Å². The zero-order chi connectivity index (χ0) is 12.5. The van der Waals surface area contributed by atoms with E-state index in [0.29, 0.717) is 0 Å². The number of nitrogens with one attached hydrogen (secondary N) is 1. The fraction of sp³-hybridized carbons (Fsp3) is 1.00. The van der Waals surface area contributed by atoms with E-state index in [0.717, 1.165) is 23.9 Å². The van der Waals surface area contributed by atoms with Crippen molar-refractivity contribution in [2.75, 3.05) is 40.3 Å². The van der Waals surface area contributed by atoms with E-state index >= 15 is 0 Å². The summed E-state index contributed by atoms with van der Waals surface area (Å²) in [6.07, 6.45) is 7.14. The first-order chi connectivity index (χ1) is 8.70. The second kappa shape index (κ2) is 5.48. The van der Waals surface area contributed by atoms with Gasteiger partial charge in [0.15, 0.2) is 0 Å². The first-order valence-corrected chi connectivity index (χ1v) is 7.84. The van der Waals surface area contributed by atoms with Gasteiger partial charge in [-0.05, 0) is 71.1 Å². The van der Waals surface area contributed by atoms with E-state index in [4.69, 9.17) is 0 Å². The topological polar surface area (TPSA) is 18.5 Å². The van der Waals surface area contributed by atoms with Crippen LogP contribution >= 0.6 is 0 Å². The molecular weight excluding hydrogens is 222 g/mol.